The third-order valence-electron chi connectivity index (χ3n) is 14.0. The molecule has 0 unspecified atom stereocenters. The van der Waals surface area contributed by atoms with Crippen molar-refractivity contribution in [1.82, 2.24) is 19.1 Å². The van der Waals surface area contributed by atoms with Gasteiger partial charge in [0.05, 0.1) is 45.8 Å². The molecule has 4 aromatic heterocycles. The average molecular weight is 791 g/mol. The lowest BCUT2D eigenvalue weighted by molar-refractivity contribution is 0.883. The van der Waals surface area contributed by atoms with E-state index in [-0.39, 0.29) is 0 Å². The summed E-state index contributed by atoms with van der Waals surface area (Å²) in [6, 6.07) is 58.7. The predicted molar refractivity (Wildman–Crippen MR) is 257 cm³/mol. The normalized spacial score (nSPS) is 13.2. The van der Waals surface area contributed by atoms with Crippen molar-refractivity contribution < 1.29 is 0 Å². The van der Waals surface area contributed by atoms with E-state index in [1.165, 1.54) is 121 Å². The number of rotatable bonds is 4. The van der Waals surface area contributed by atoms with Crippen LogP contribution >= 0.6 is 0 Å². The average Bonchev–Trinajstić information content (AvgIpc) is 3.85. The number of pyridine rings is 2. The molecule has 0 N–H and O–H groups in total. The molecule has 2 aliphatic rings. The molecule has 290 valence electrons. The SMILES string of the molecule is c1cncc(-n2c3ccc(-c4ccc5ccccc5c4)cc3c3cc4c5c(c32)CCc2c-5c(cc3c5cc(-c6ccc7ccccc7c6)ccc5n(-c5cccnc5)c23)CC4)c1. The van der Waals surface area contributed by atoms with Gasteiger partial charge in [-0.2, -0.15) is 0 Å². The molecule has 12 aromatic rings. The first kappa shape index (κ1) is 34.0. The topological polar surface area (TPSA) is 35.6 Å². The van der Waals surface area contributed by atoms with Crippen LogP contribution in [0.25, 0.3) is 110 Å². The van der Waals surface area contributed by atoms with Crippen molar-refractivity contribution in [3.05, 3.63) is 205 Å². The van der Waals surface area contributed by atoms with E-state index in [1.54, 1.807) is 0 Å². The van der Waals surface area contributed by atoms with Crippen LogP contribution < -0.4 is 0 Å². The van der Waals surface area contributed by atoms with Crippen LogP contribution in [0.5, 0.6) is 0 Å². The number of nitrogens with zero attached hydrogens (tertiary/aromatic N) is 4. The highest BCUT2D eigenvalue weighted by atomic mass is 15.0. The van der Waals surface area contributed by atoms with Gasteiger partial charge < -0.3 is 9.13 Å². The molecule has 4 nitrogen and oxygen atoms in total. The second kappa shape index (κ2) is 12.8. The van der Waals surface area contributed by atoms with Crippen molar-refractivity contribution >= 4 is 65.2 Å². The van der Waals surface area contributed by atoms with E-state index in [1.807, 2.05) is 24.8 Å². The Labute approximate surface area is 358 Å². The summed E-state index contributed by atoms with van der Waals surface area (Å²) in [6.07, 6.45) is 11.7. The molecule has 0 aliphatic heterocycles. The molecule has 14 rings (SSSR count). The Morgan fingerprint density at radius 3 is 1.24 bits per heavy atom. The summed E-state index contributed by atoms with van der Waals surface area (Å²) < 4.78 is 4.99. The highest BCUT2D eigenvalue weighted by molar-refractivity contribution is 6.17. The van der Waals surface area contributed by atoms with Gasteiger partial charge in [-0.15, -0.1) is 0 Å². The third kappa shape index (κ3) is 4.83. The Morgan fingerprint density at radius 2 is 0.790 bits per heavy atom. The highest BCUT2D eigenvalue weighted by Gasteiger charge is 2.33. The van der Waals surface area contributed by atoms with Gasteiger partial charge in [0.1, 0.15) is 0 Å². The fourth-order valence-corrected chi connectivity index (χ4v) is 11.3. The highest BCUT2D eigenvalue weighted by Crippen LogP contribution is 2.51. The standard InChI is InChI=1S/C58H38N4/c1-3-9-37-27-39(15-13-35(37)7-1)41-19-23-53-49(29-41)51-31-43-17-18-44-32-52-50-30-42(40-16-14-36-8-2-4-10-38(36)28-40)20-24-54(50)62(46-12-6-26-60-34-46)58(52)48-22-21-47(55(43)56(44)48)57(51)61(53)45-11-5-25-59-33-45/h1-16,19-20,23-34H,17-18,21-22H2. The van der Waals surface area contributed by atoms with Crippen molar-refractivity contribution in [3.8, 4) is 44.8 Å². The Morgan fingerprint density at radius 1 is 0.355 bits per heavy atom. The van der Waals surface area contributed by atoms with Crippen LogP contribution in [0.15, 0.2) is 183 Å². The Bertz CT molecular complexity index is 3600. The van der Waals surface area contributed by atoms with Gasteiger partial charge in [0.15, 0.2) is 0 Å². The van der Waals surface area contributed by atoms with Crippen molar-refractivity contribution in [1.29, 1.82) is 0 Å². The maximum atomic E-state index is 4.64. The van der Waals surface area contributed by atoms with Gasteiger partial charge in [-0.1, -0.05) is 84.9 Å². The van der Waals surface area contributed by atoms with Crippen LogP contribution in [0.4, 0.5) is 0 Å². The fourth-order valence-electron chi connectivity index (χ4n) is 11.3. The number of aryl methyl sites for hydroxylation is 4. The van der Waals surface area contributed by atoms with E-state index in [4.69, 9.17) is 0 Å². The minimum Gasteiger partial charge on any atom is -0.307 e. The Kier molecular flexibility index (Phi) is 7.03. The smallest absolute Gasteiger partial charge is 0.0645 e. The number of benzene rings is 8. The maximum Gasteiger partial charge on any atom is 0.0645 e. The fraction of sp³-hybridized carbons (Fsp3) is 0.0690. The van der Waals surface area contributed by atoms with Gasteiger partial charge in [0.25, 0.3) is 0 Å². The van der Waals surface area contributed by atoms with Crippen LogP contribution in [0, 0.1) is 0 Å². The van der Waals surface area contributed by atoms with Crippen LogP contribution in [-0.2, 0) is 25.7 Å². The van der Waals surface area contributed by atoms with E-state index >= 15 is 0 Å². The molecule has 0 saturated carbocycles. The van der Waals surface area contributed by atoms with Gasteiger partial charge in [0.2, 0.25) is 0 Å². The summed E-state index contributed by atoms with van der Waals surface area (Å²) in [5, 5.41) is 10.3. The van der Waals surface area contributed by atoms with Crippen molar-refractivity contribution in [2.45, 2.75) is 25.7 Å². The minimum atomic E-state index is 0.955. The summed E-state index contributed by atoms with van der Waals surface area (Å²) in [5.74, 6) is 0. The number of hydrogen-bond donors (Lipinski definition) is 0. The second-order valence-electron chi connectivity index (χ2n) is 17.3. The van der Waals surface area contributed by atoms with E-state index in [0.717, 1.165) is 37.1 Å². The molecule has 0 radical (unpaired) electrons. The molecular formula is C58H38N4. The zero-order chi connectivity index (χ0) is 40.5. The Hall–Kier alpha value is -7.82. The molecule has 4 heteroatoms. The molecule has 2 aliphatic carbocycles. The van der Waals surface area contributed by atoms with Crippen LogP contribution in [-0.4, -0.2) is 19.1 Å². The minimum absolute atomic E-state index is 0.955. The number of aromatic nitrogens is 4. The zero-order valence-corrected chi connectivity index (χ0v) is 33.9. The maximum absolute atomic E-state index is 4.64. The monoisotopic (exact) mass is 790 g/mol. The van der Waals surface area contributed by atoms with Gasteiger partial charge in [0, 0.05) is 33.9 Å². The molecule has 0 atom stereocenters. The molecule has 0 fully saturated rings. The van der Waals surface area contributed by atoms with Gasteiger partial charge in [-0.05, 0) is 176 Å². The number of fused-ring (bicyclic) bond motifs is 10. The van der Waals surface area contributed by atoms with Crippen molar-refractivity contribution in [2.24, 2.45) is 0 Å². The van der Waals surface area contributed by atoms with E-state index < -0.39 is 0 Å². The molecule has 8 aromatic carbocycles. The lowest BCUT2D eigenvalue weighted by Crippen LogP contribution is -2.16. The van der Waals surface area contributed by atoms with Crippen LogP contribution in [0.2, 0.25) is 0 Å². The molecule has 0 amide bonds. The lowest BCUT2D eigenvalue weighted by atomic mass is 9.74. The molecule has 0 spiro atoms. The lowest BCUT2D eigenvalue weighted by Gasteiger charge is -2.31. The summed E-state index contributed by atoms with van der Waals surface area (Å²) >= 11 is 0. The molecular weight excluding hydrogens is 753 g/mol. The summed E-state index contributed by atoms with van der Waals surface area (Å²) in [5.41, 5.74) is 20.9. The Balaban J connectivity index is 1.03. The quantitative estimate of drug-likeness (QED) is 0.178. The molecule has 0 saturated heterocycles. The first-order valence-electron chi connectivity index (χ1n) is 21.8. The third-order valence-corrected chi connectivity index (χ3v) is 14.0. The molecule has 62 heavy (non-hydrogen) atoms. The van der Waals surface area contributed by atoms with E-state index in [9.17, 15) is 0 Å². The first-order valence-corrected chi connectivity index (χ1v) is 21.8. The summed E-state index contributed by atoms with van der Waals surface area (Å²) in [4.78, 5) is 9.29. The zero-order valence-electron chi connectivity index (χ0n) is 33.9. The largest absolute Gasteiger partial charge is 0.307 e. The van der Waals surface area contributed by atoms with Gasteiger partial charge >= 0.3 is 0 Å². The summed E-state index contributed by atoms with van der Waals surface area (Å²) in [6.45, 7) is 0. The summed E-state index contributed by atoms with van der Waals surface area (Å²) in [7, 11) is 0. The first-order chi connectivity index (χ1) is 30.7. The van der Waals surface area contributed by atoms with E-state index in [0.29, 0.717) is 0 Å². The van der Waals surface area contributed by atoms with Crippen molar-refractivity contribution in [2.75, 3.05) is 0 Å². The van der Waals surface area contributed by atoms with E-state index in [2.05, 4.69) is 177 Å². The van der Waals surface area contributed by atoms with Gasteiger partial charge in [-0.25, -0.2) is 0 Å². The van der Waals surface area contributed by atoms with Gasteiger partial charge in [-0.3, -0.25) is 9.97 Å². The van der Waals surface area contributed by atoms with Crippen LogP contribution in [0.1, 0.15) is 22.3 Å². The predicted octanol–water partition coefficient (Wildman–Crippen LogP) is 14.2. The van der Waals surface area contributed by atoms with Crippen molar-refractivity contribution in [3.63, 3.8) is 0 Å². The molecule has 0 bridgehead atoms. The van der Waals surface area contributed by atoms with Crippen LogP contribution in [0.3, 0.4) is 0 Å². The number of hydrogen-bond acceptors (Lipinski definition) is 2. The molecule has 4 heterocycles. The second-order valence-corrected chi connectivity index (χ2v) is 17.3.